The fourth-order valence-electron chi connectivity index (χ4n) is 2.01. The number of amides is 1. The van der Waals surface area contributed by atoms with Gasteiger partial charge in [-0.25, -0.2) is 14.3 Å². The summed E-state index contributed by atoms with van der Waals surface area (Å²) in [5.41, 5.74) is 6.87. The number of carbonyl (C=O) groups is 2. The lowest BCUT2D eigenvalue weighted by molar-refractivity contribution is 0.0681. The van der Waals surface area contributed by atoms with Crippen molar-refractivity contribution in [3.05, 3.63) is 41.5 Å². The van der Waals surface area contributed by atoms with E-state index in [1.165, 1.54) is 16.8 Å². The van der Waals surface area contributed by atoms with Crippen LogP contribution in [0.3, 0.4) is 0 Å². The summed E-state index contributed by atoms with van der Waals surface area (Å²) < 4.78 is 6.52. The molecule has 0 unspecified atom stereocenters. The Morgan fingerprint density at radius 1 is 1.38 bits per heavy atom. The van der Waals surface area contributed by atoms with Crippen molar-refractivity contribution < 1.29 is 19.1 Å². The first-order valence-electron chi connectivity index (χ1n) is 5.96. The summed E-state index contributed by atoms with van der Waals surface area (Å²) in [4.78, 5) is 26.0. The molecule has 21 heavy (non-hydrogen) atoms. The highest BCUT2D eigenvalue weighted by atomic mass is 16.4. The van der Waals surface area contributed by atoms with Gasteiger partial charge in [-0.15, -0.1) is 0 Å². The van der Waals surface area contributed by atoms with Crippen LogP contribution < -0.4 is 5.73 Å². The molecular formula is C13H10N4O4. The van der Waals surface area contributed by atoms with E-state index in [1.807, 2.05) is 0 Å². The fraction of sp³-hybridized carbons (Fsp3) is 0.0769. The first-order valence-corrected chi connectivity index (χ1v) is 5.96. The second-order valence-corrected chi connectivity index (χ2v) is 4.42. The van der Waals surface area contributed by atoms with Gasteiger partial charge in [0.1, 0.15) is 5.69 Å². The molecule has 3 rings (SSSR count). The maximum absolute atomic E-state index is 11.1. The van der Waals surface area contributed by atoms with E-state index >= 15 is 0 Å². The smallest absolute Gasteiger partial charge is 0.374 e. The van der Waals surface area contributed by atoms with Crippen LogP contribution in [0.1, 0.15) is 26.7 Å². The van der Waals surface area contributed by atoms with Gasteiger partial charge in [0.25, 0.3) is 5.91 Å². The molecule has 0 aliphatic rings. The fourth-order valence-corrected chi connectivity index (χ4v) is 2.01. The van der Waals surface area contributed by atoms with Gasteiger partial charge >= 0.3 is 5.97 Å². The average molecular weight is 286 g/mol. The summed E-state index contributed by atoms with van der Waals surface area (Å²) >= 11 is 0. The Balaban J connectivity index is 2.20. The molecule has 3 heterocycles. The third-order valence-electron chi connectivity index (χ3n) is 3.00. The Kier molecular flexibility index (Phi) is 2.72. The quantitative estimate of drug-likeness (QED) is 0.742. The van der Waals surface area contributed by atoms with E-state index < -0.39 is 11.9 Å². The molecule has 0 spiro atoms. The van der Waals surface area contributed by atoms with Gasteiger partial charge in [-0.2, -0.15) is 5.10 Å². The molecule has 0 fully saturated rings. The van der Waals surface area contributed by atoms with Crippen molar-refractivity contribution in [2.24, 2.45) is 5.73 Å². The molecule has 0 aromatic carbocycles. The van der Waals surface area contributed by atoms with E-state index in [0.717, 1.165) is 5.56 Å². The van der Waals surface area contributed by atoms with Crippen molar-refractivity contribution in [2.45, 2.75) is 6.92 Å². The van der Waals surface area contributed by atoms with Gasteiger partial charge in [-0.3, -0.25) is 4.79 Å². The van der Waals surface area contributed by atoms with E-state index in [4.69, 9.17) is 15.3 Å². The van der Waals surface area contributed by atoms with E-state index in [9.17, 15) is 9.59 Å². The number of carbonyl (C=O) groups excluding carboxylic acids is 1. The Labute approximate surface area is 117 Å². The number of imidazole rings is 1. The predicted molar refractivity (Wildman–Crippen MR) is 70.9 cm³/mol. The summed E-state index contributed by atoms with van der Waals surface area (Å²) in [5, 5.41) is 13.3. The monoisotopic (exact) mass is 286 g/mol. The Hall–Kier alpha value is -3.16. The van der Waals surface area contributed by atoms with Gasteiger partial charge in [-0.1, -0.05) is 0 Å². The molecular weight excluding hydrogens is 276 g/mol. The first-order chi connectivity index (χ1) is 9.97. The highest BCUT2D eigenvalue weighted by molar-refractivity contribution is 5.90. The van der Waals surface area contributed by atoms with Crippen LogP contribution in [-0.4, -0.2) is 31.6 Å². The molecule has 0 bridgehead atoms. The predicted octanol–water partition coefficient (Wildman–Crippen LogP) is 1.09. The molecule has 0 saturated heterocycles. The van der Waals surface area contributed by atoms with Crippen molar-refractivity contribution in [2.75, 3.05) is 0 Å². The first kappa shape index (κ1) is 12.9. The number of aromatic carboxylic acids is 1. The van der Waals surface area contributed by atoms with E-state index in [2.05, 4.69) is 10.1 Å². The summed E-state index contributed by atoms with van der Waals surface area (Å²) in [7, 11) is 0. The molecule has 3 aromatic heterocycles. The Morgan fingerprint density at radius 3 is 2.76 bits per heavy atom. The van der Waals surface area contributed by atoms with Crippen molar-refractivity contribution in [1.29, 1.82) is 0 Å². The van der Waals surface area contributed by atoms with Gasteiger partial charge in [0.05, 0.1) is 11.7 Å². The zero-order valence-electron chi connectivity index (χ0n) is 10.9. The summed E-state index contributed by atoms with van der Waals surface area (Å²) in [6.45, 7) is 1.80. The van der Waals surface area contributed by atoms with Gasteiger partial charge in [0.15, 0.2) is 11.5 Å². The molecule has 1 amide bonds. The molecule has 0 aliphatic carbocycles. The number of carboxylic acids is 1. The molecule has 8 nitrogen and oxygen atoms in total. The number of furan rings is 1. The zero-order valence-corrected chi connectivity index (χ0v) is 10.9. The third kappa shape index (κ3) is 2.02. The van der Waals surface area contributed by atoms with Crippen LogP contribution in [0.5, 0.6) is 0 Å². The number of nitrogens with two attached hydrogens (primary N) is 1. The number of aromatic nitrogens is 3. The number of primary amides is 1. The molecule has 8 heteroatoms. The summed E-state index contributed by atoms with van der Waals surface area (Å²) in [6, 6.07) is 4.70. The van der Waals surface area contributed by atoms with Crippen LogP contribution in [0.2, 0.25) is 0 Å². The zero-order chi connectivity index (χ0) is 15.1. The van der Waals surface area contributed by atoms with Crippen LogP contribution in [0.15, 0.2) is 28.8 Å². The normalized spacial score (nSPS) is 10.9. The number of aryl methyl sites for hydroxylation is 1. The van der Waals surface area contributed by atoms with Gasteiger partial charge < -0.3 is 15.3 Å². The molecule has 0 radical (unpaired) electrons. The minimum absolute atomic E-state index is 0.00800. The molecule has 106 valence electrons. The molecule has 3 aromatic rings. The maximum Gasteiger partial charge on any atom is 0.374 e. The molecule has 3 N–H and O–H groups in total. The molecule has 0 saturated carbocycles. The Morgan fingerprint density at radius 2 is 2.14 bits per heavy atom. The lowest BCUT2D eigenvalue weighted by Gasteiger charge is -2.03. The van der Waals surface area contributed by atoms with Crippen LogP contribution in [0, 0.1) is 6.92 Å². The third-order valence-corrected chi connectivity index (χ3v) is 3.00. The van der Waals surface area contributed by atoms with Crippen molar-refractivity contribution in [1.82, 2.24) is 14.6 Å². The molecule has 0 aliphatic heterocycles. The van der Waals surface area contributed by atoms with Crippen LogP contribution in [-0.2, 0) is 0 Å². The second kappa shape index (κ2) is 4.44. The highest BCUT2D eigenvalue weighted by Crippen LogP contribution is 2.23. The minimum atomic E-state index is -1.18. The van der Waals surface area contributed by atoms with Crippen molar-refractivity contribution >= 4 is 17.4 Å². The summed E-state index contributed by atoms with van der Waals surface area (Å²) in [6.07, 6.45) is 1.44. The van der Waals surface area contributed by atoms with Crippen molar-refractivity contribution in [3.8, 4) is 11.5 Å². The lowest BCUT2D eigenvalue weighted by Crippen LogP contribution is -2.09. The second-order valence-electron chi connectivity index (χ2n) is 4.42. The average Bonchev–Trinajstić information content (AvgIpc) is 3.05. The number of hydrogen-bond acceptors (Lipinski definition) is 5. The van der Waals surface area contributed by atoms with Gasteiger partial charge in [0.2, 0.25) is 5.82 Å². The van der Waals surface area contributed by atoms with Gasteiger partial charge in [0, 0.05) is 0 Å². The standard InChI is InChI=1S/C13H10N4O4/c1-6-4-7(9-2-3-10(21-9)11(14)18)16-17-8(6)5-15-12(17)13(19)20/h2-5H,1H3,(H2,14,18)(H,19,20). The largest absolute Gasteiger partial charge is 0.475 e. The number of fused-ring (bicyclic) bond motifs is 1. The topological polar surface area (TPSA) is 124 Å². The van der Waals surface area contributed by atoms with E-state index in [-0.39, 0.29) is 11.6 Å². The maximum atomic E-state index is 11.1. The van der Waals surface area contributed by atoms with Crippen molar-refractivity contribution in [3.63, 3.8) is 0 Å². The van der Waals surface area contributed by atoms with Crippen LogP contribution in [0.25, 0.3) is 17.0 Å². The van der Waals surface area contributed by atoms with Gasteiger partial charge in [-0.05, 0) is 30.7 Å². The number of carboxylic acid groups (broad SMARTS) is 1. The highest BCUT2D eigenvalue weighted by Gasteiger charge is 2.17. The molecule has 0 atom stereocenters. The summed E-state index contributed by atoms with van der Waals surface area (Å²) in [5.74, 6) is -1.74. The number of rotatable bonds is 3. The SMILES string of the molecule is Cc1cc(-c2ccc(C(N)=O)o2)nn2c(C(=O)O)ncc12. The van der Waals surface area contributed by atoms with E-state index in [1.54, 1.807) is 19.1 Å². The lowest BCUT2D eigenvalue weighted by atomic mass is 10.2. The van der Waals surface area contributed by atoms with Crippen LogP contribution >= 0.6 is 0 Å². The minimum Gasteiger partial charge on any atom is -0.475 e. The number of nitrogens with zero attached hydrogens (tertiary/aromatic N) is 3. The van der Waals surface area contributed by atoms with E-state index in [0.29, 0.717) is 17.0 Å². The Bertz CT molecular complexity index is 878. The van der Waals surface area contributed by atoms with Crippen LogP contribution in [0.4, 0.5) is 0 Å². The number of hydrogen-bond donors (Lipinski definition) is 2.